The topological polar surface area (TPSA) is 15.3 Å². The summed E-state index contributed by atoms with van der Waals surface area (Å²) >= 11 is 0. The smallest absolute Gasteiger partial charge is 0.00389 e. The summed E-state index contributed by atoms with van der Waals surface area (Å²) < 4.78 is 0. The third-order valence-corrected chi connectivity index (χ3v) is 3.98. The first-order valence-electron chi connectivity index (χ1n) is 7.46. The van der Waals surface area contributed by atoms with E-state index in [0.717, 1.165) is 17.9 Å². The Bertz CT molecular complexity index is 201. The first-order chi connectivity index (χ1) is 7.99. The van der Waals surface area contributed by atoms with Gasteiger partial charge in [-0.25, -0.2) is 0 Å². The van der Waals surface area contributed by atoms with Crippen LogP contribution in [-0.2, 0) is 0 Å². The second-order valence-corrected chi connectivity index (χ2v) is 6.52. The van der Waals surface area contributed by atoms with Gasteiger partial charge in [-0.05, 0) is 65.0 Å². The summed E-state index contributed by atoms with van der Waals surface area (Å²) in [6, 6.07) is 1.41. The van der Waals surface area contributed by atoms with Crippen LogP contribution in [-0.4, -0.2) is 36.6 Å². The molecule has 0 spiro atoms. The van der Waals surface area contributed by atoms with Gasteiger partial charge in [-0.1, -0.05) is 13.8 Å². The number of hydrogen-bond donors (Lipinski definition) is 1. The van der Waals surface area contributed by atoms with Crippen molar-refractivity contribution in [2.75, 3.05) is 19.6 Å². The Kier molecular flexibility index (Phi) is 6.50. The Labute approximate surface area is 108 Å². The quantitative estimate of drug-likeness (QED) is 0.735. The number of nitrogens with zero attached hydrogens (tertiary/aromatic N) is 1. The van der Waals surface area contributed by atoms with Crippen LogP contribution in [0.15, 0.2) is 0 Å². The summed E-state index contributed by atoms with van der Waals surface area (Å²) in [4.78, 5) is 2.60. The van der Waals surface area contributed by atoms with Crippen molar-refractivity contribution >= 4 is 0 Å². The number of nitrogens with one attached hydrogen (secondary N) is 1. The molecule has 0 bridgehead atoms. The third kappa shape index (κ3) is 5.87. The van der Waals surface area contributed by atoms with Crippen LogP contribution in [0, 0.1) is 11.8 Å². The van der Waals surface area contributed by atoms with Crippen LogP contribution in [0.5, 0.6) is 0 Å². The van der Waals surface area contributed by atoms with Gasteiger partial charge in [0.2, 0.25) is 0 Å². The van der Waals surface area contributed by atoms with Gasteiger partial charge in [0.1, 0.15) is 0 Å². The van der Waals surface area contributed by atoms with E-state index in [9.17, 15) is 0 Å². The Hall–Kier alpha value is -0.0800. The molecule has 1 saturated heterocycles. The van der Waals surface area contributed by atoms with Gasteiger partial charge in [-0.3, -0.25) is 0 Å². The molecule has 1 fully saturated rings. The second kappa shape index (κ2) is 7.38. The van der Waals surface area contributed by atoms with Crippen LogP contribution in [0.2, 0.25) is 0 Å². The molecule has 0 aromatic rings. The molecule has 0 aromatic carbocycles. The minimum atomic E-state index is 0.686. The van der Waals surface area contributed by atoms with Gasteiger partial charge < -0.3 is 10.2 Å². The van der Waals surface area contributed by atoms with Gasteiger partial charge in [-0.2, -0.15) is 0 Å². The van der Waals surface area contributed by atoms with Crippen molar-refractivity contribution in [2.45, 2.75) is 66.0 Å². The third-order valence-electron chi connectivity index (χ3n) is 3.98. The monoisotopic (exact) mass is 240 g/mol. The molecule has 102 valence electrons. The summed E-state index contributed by atoms with van der Waals surface area (Å²) in [6.07, 6.45) is 4.04. The van der Waals surface area contributed by atoms with Crippen LogP contribution in [0.1, 0.15) is 53.9 Å². The van der Waals surface area contributed by atoms with E-state index < -0.39 is 0 Å². The standard InChI is InChI=1S/C15H32N2/c1-12(2)6-7-14(5)16-10-15-8-9-17(11-15)13(3)4/h12-16H,6-11H2,1-5H3. The summed E-state index contributed by atoms with van der Waals surface area (Å²) in [7, 11) is 0. The summed E-state index contributed by atoms with van der Waals surface area (Å²) in [5.41, 5.74) is 0. The van der Waals surface area contributed by atoms with E-state index in [2.05, 4.69) is 44.8 Å². The summed E-state index contributed by atoms with van der Waals surface area (Å²) in [6.45, 7) is 15.4. The van der Waals surface area contributed by atoms with Crippen LogP contribution < -0.4 is 5.32 Å². The fourth-order valence-corrected chi connectivity index (χ4v) is 2.55. The molecule has 2 heteroatoms. The van der Waals surface area contributed by atoms with Crippen LogP contribution in [0.25, 0.3) is 0 Å². The van der Waals surface area contributed by atoms with Gasteiger partial charge in [0.15, 0.2) is 0 Å². The normalized spacial score (nSPS) is 23.8. The first-order valence-corrected chi connectivity index (χ1v) is 7.46. The summed E-state index contributed by atoms with van der Waals surface area (Å²) in [5, 5.41) is 3.71. The molecule has 0 amide bonds. The highest BCUT2D eigenvalue weighted by Crippen LogP contribution is 2.18. The zero-order chi connectivity index (χ0) is 12.8. The van der Waals surface area contributed by atoms with E-state index in [1.807, 2.05) is 0 Å². The molecule has 17 heavy (non-hydrogen) atoms. The molecular formula is C15H32N2. The van der Waals surface area contributed by atoms with Crippen molar-refractivity contribution in [1.82, 2.24) is 10.2 Å². The predicted octanol–water partition coefficient (Wildman–Crippen LogP) is 3.13. The molecule has 2 atom stereocenters. The predicted molar refractivity (Wildman–Crippen MR) is 76.4 cm³/mol. The molecule has 0 aromatic heterocycles. The average molecular weight is 240 g/mol. The Balaban J connectivity index is 2.10. The number of likely N-dealkylation sites (tertiary alicyclic amines) is 1. The van der Waals surface area contributed by atoms with E-state index in [4.69, 9.17) is 0 Å². The van der Waals surface area contributed by atoms with E-state index >= 15 is 0 Å². The van der Waals surface area contributed by atoms with Crippen molar-refractivity contribution in [3.05, 3.63) is 0 Å². The van der Waals surface area contributed by atoms with Gasteiger partial charge >= 0.3 is 0 Å². The van der Waals surface area contributed by atoms with E-state index in [0.29, 0.717) is 6.04 Å². The highest BCUT2D eigenvalue weighted by Gasteiger charge is 2.23. The Morgan fingerprint density at radius 2 is 1.82 bits per heavy atom. The fraction of sp³-hybridized carbons (Fsp3) is 1.00. The minimum Gasteiger partial charge on any atom is -0.314 e. The van der Waals surface area contributed by atoms with Crippen molar-refractivity contribution < 1.29 is 0 Å². The zero-order valence-electron chi connectivity index (χ0n) is 12.5. The van der Waals surface area contributed by atoms with Crippen molar-refractivity contribution in [2.24, 2.45) is 11.8 Å². The number of rotatable bonds is 7. The lowest BCUT2D eigenvalue weighted by Crippen LogP contribution is -2.34. The molecule has 1 aliphatic rings. The van der Waals surface area contributed by atoms with Crippen LogP contribution in [0.4, 0.5) is 0 Å². The lowest BCUT2D eigenvalue weighted by atomic mass is 10.0. The lowest BCUT2D eigenvalue weighted by Gasteiger charge is -2.21. The highest BCUT2D eigenvalue weighted by molar-refractivity contribution is 4.79. The van der Waals surface area contributed by atoms with Gasteiger partial charge in [0.25, 0.3) is 0 Å². The maximum atomic E-state index is 3.71. The zero-order valence-corrected chi connectivity index (χ0v) is 12.5. The van der Waals surface area contributed by atoms with Crippen molar-refractivity contribution in [1.29, 1.82) is 0 Å². The average Bonchev–Trinajstić information content (AvgIpc) is 2.72. The molecule has 1 heterocycles. The molecule has 0 saturated carbocycles. The maximum Gasteiger partial charge on any atom is 0.00389 e. The van der Waals surface area contributed by atoms with Gasteiger partial charge in [0, 0.05) is 18.6 Å². The van der Waals surface area contributed by atoms with Gasteiger partial charge in [-0.15, -0.1) is 0 Å². The van der Waals surface area contributed by atoms with E-state index in [-0.39, 0.29) is 0 Å². The Morgan fingerprint density at radius 1 is 1.12 bits per heavy atom. The first kappa shape index (κ1) is 15.0. The maximum absolute atomic E-state index is 3.71. The van der Waals surface area contributed by atoms with Crippen molar-refractivity contribution in [3.63, 3.8) is 0 Å². The summed E-state index contributed by atoms with van der Waals surface area (Å²) in [5.74, 6) is 1.71. The van der Waals surface area contributed by atoms with E-state index in [1.54, 1.807) is 0 Å². The van der Waals surface area contributed by atoms with E-state index in [1.165, 1.54) is 38.9 Å². The molecule has 1 aliphatic heterocycles. The molecular weight excluding hydrogens is 208 g/mol. The molecule has 1 rings (SSSR count). The fourth-order valence-electron chi connectivity index (χ4n) is 2.55. The minimum absolute atomic E-state index is 0.686. The SMILES string of the molecule is CC(C)CCC(C)NCC1CCN(C(C)C)C1. The van der Waals surface area contributed by atoms with Crippen LogP contribution >= 0.6 is 0 Å². The highest BCUT2D eigenvalue weighted by atomic mass is 15.2. The molecule has 0 radical (unpaired) electrons. The Morgan fingerprint density at radius 3 is 2.35 bits per heavy atom. The van der Waals surface area contributed by atoms with Gasteiger partial charge in [0.05, 0.1) is 0 Å². The lowest BCUT2D eigenvalue weighted by molar-refractivity contribution is 0.262. The largest absolute Gasteiger partial charge is 0.314 e. The molecule has 2 nitrogen and oxygen atoms in total. The molecule has 0 aliphatic carbocycles. The molecule has 1 N–H and O–H groups in total. The number of hydrogen-bond acceptors (Lipinski definition) is 2. The van der Waals surface area contributed by atoms with Crippen molar-refractivity contribution in [3.8, 4) is 0 Å². The second-order valence-electron chi connectivity index (χ2n) is 6.52. The molecule has 2 unspecified atom stereocenters. The van der Waals surface area contributed by atoms with Crippen LogP contribution in [0.3, 0.4) is 0 Å².